The zero-order valence-corrected chi connectivity index (χ0v) is 9.87. The molecular weight excluding hydrogens is 244 g/mol. The van der Waals surface area contributed by atoms with Crippen molar-refractivity contribution < 1.29 is 9.47 Å². The molecule has 1 aromatic rings. The fraction of sp³-hybridized carbons (Fsp3) is 0.455. The summed E-state index contributed by atoms with van der Waals surface area (Å²) in [6.45, 7) is 4.51. The van der Waals surface area contributed by atoms with E-state index >= 15 is 0 Å². The summed E-state index contributed by atoms with van der Waals surface area (Å²) >= 11 is 3.40. The van der Waals surface area contributed by atoms with Crippen LogP contribution >= 0.6 is 15.9 Å². The predicted molar refractivity (Wildman–Crippen MR) is 58.0 cm³/mol. The highest BCUT2D eigenvalue weighted by molar-refractivity contribution is 9.10. The van der Waals surface area contributed by atoms with Crippen molar-refractivity contribution in [3.63, 3.8) is 0 Å². The van der Waals surface area contributed by atoms with Gasteiger partial charge in [0.1, 0.15) is 6.10 Å². The van der Waals surface area contributed by atoms with E-state index in [0.29, 0.717) is 6.61 Å². The van der Waals surface area contributed by atoms with E-state index in [4.69, 9.17) is 9.47 Å². The normalized spacial score (nSPS) is 25.2. The molecule has 0 spiro atoms. The van der Waals surface area contributed by atoms with Crippen molar-refractivity contribution in [3.05, 3.63) is 34.3 Å². The van der Waals surface area contributed by atoms with Crippen LogP contribution < -0.4 is 0 Å². The molecule has 1 heterocycles. The van der Waals surface area contributed by atoms with Gasteiger partial charge in [-0.3, -0.25) is 0 Å². The summed E-state index contributed by atoms with van der Waals surface area (Å²) in [4.78, 5) is 0. The van der Waals surface area contributed by atoms with Gasteiger partial charge in [-0.2, -0.15) is 0 Å². The average molecular weight is 257 g/mol. The summed E-state index contributed by atoms with van der Waals surface area (Å²) in [5.74, 6) is -0.447. The number of rotatable bonds is 1. The molecule has 1 aromatic carbocycles. The Bertz CT molecular complexity index is 319. The van der Waals surface area contributed by atoms with Gasteiger partial charge in [-0.05, 0) is 31.5 Å². The molecule has 2 rings (SSSR count). The third kappa shape index (κ3) is 2.16. The fourth-order valence-corrected chi connectivity index (χ4v) is 1.79. The van der Waals surface area contributed by atoms with Crippen molar-refractivity contribution >= 4 is 15.9 Å². The van der Waals surface area contributed by atoms with Crippen LogP contribution in [0.15, 0.2) is 28.7 Å². The van der Waals surface area contributed by atoms with Crippen molar-refractivity contribution in [1.82, 2.24) is 0 Å². The minimum Gasteiger partial charge on any atom is -0.347 e. The average Bonchev–Trinajstić information content (AvgIpc) is 2.47. The van der Waals surface area contributed by atoms with Gasteiger partial charge in [0.15, 0.2) is 5.79 Å². The van der Waals surface area contributed by atoms with Crippen LogP contribution in [0, 0.1) is 0 Å². The number of hydrogen-bond acceptors (Lipinski definition) is 2. The number of benzene rings is 1. The summed E-state index contributed by atoms with van der Waals surface area (Å²) < 4.78 is 12.3. The van der Waals surface area contributed by atoms with E-state index in [9.17, 15) is 0 Å². The molecule has 2 nitrogen and oxygen atoms in total. The molecule has 1 fully saturated rings. The zero-order valence-electron chi connectivity index (χ0n) is 8.29. The maximum absolute atomic E-state index is 5.74. The fourth-order valence-electron chi connectivity index (χ4n) is 1.53. The lowest BCUT2D eigenvalue weighted by molar-refractivity contribution is -0.139. The molecule has 0 radical (unpaired) electrons. The van der Waals surface area contributed by atoms with Crippen LogP contribution in [0.4, 0.5) is 0 Å². The van der Waals surface area contributed by atoms with E-state index in [-0.39, 0.29) is 6.10 Å². The molecule has 1 atom stereocenters. The first kappa shape index (κ1) is 10.1. The molecule has 0 amide bonds. The van der Waals surface area contributed by atoms with Crippen LogP contribution in [0.2, 0.25) is 0 Å². The summed E-state index contributed by atoms with van der Waals surface area (Å²) in [7, 11) is 0. The van der Waals surface area contributed by atoms with E-state index in [2.05, 4.69) is 28.1 Å². The lowest BCUT2D eigenvalue weighted by Gasteiger charge is -2.17. The second-order valence-electron chi connectivity index (χ2n) is 3.87. The zero-order chi connectivity index (χ0) is 10.2. The first-order valence-electron chi connectivity index (χ1n) is 4.64. The minimum atomic E-state index is -0.447. The number of halogens is 1. The molecule has 0 aliphatic carbocycles. The van der Waals surface area contributed by atoms with E-state index < -0.39 is 5.79 Å². The first-order valence-corrected chi connectivity index (χ1v) is 5.43. The molecule has 0 N–H and O–H groups in total. The molecular formula is C11H13BrO2. The summed E-state index contributed by atoms with van der Waals surface area (Å²) in [5, 5.41) is 0. The van der Waals surface area contributed by atoms with E-state index in [1.54, 1.807) is 0 Å². The monoisotopic (exact) mass is 256 g/mol. The quantitative estimate of drug-likeness (QED) is 0.768. The van der Waals surface area contributed by atoms with Crippen LogP contribution in [0.1, 0.15) is 25.5 Å². The van der Waals surface area contributed by atoms with Gasteiger partial charge in [-0.25, -0.2) is 0 Å². The van der Waals surface area contributed by atoms with Crippen molar-refractivity contribution in [2.75, 3.05) is 6.61 Å². The Morgan fingerprint density at radius 1 is 1.29 bits per heavy atom. The van der Waals surface area contributed by atoms with E-state index in [0.717, 1.165) is 4.47 Å². The molecule has 0 saturated carbocycles. The van der Waals surface area contributed by atoms with Gasteiger partial charge in [0, 0.05) is 4.47 Å². The second kappa shape index (κ2) is 3.65. The first-order chi connectivity index (χ1) is 6.57. The van der Waals surface area contributed by atoms with Gasteiger partial charge in [-0.1, -0.05) is 28.1 Å². The highest BCUT2D eigenvalue weighted by Gasteiger charge is 2.33. The van der Waals surface area contributed by atoms with Gasteiger partial charge in [0.25, 0.3) is 0 Å². The lowest BCUT2D eigenvalue weighted by Crippen LogP contribution is -2.19. The van der Waals surface area contributed by atoms with Crippen molar-refractivity contribution in [1.29, 1.82) is 0 Å². The Hall–Kier alpha value is -0.380. The maximum Gasteiger partial charge on any atom is 0.163 e. The van der Waals surface area contributed by atoms with E-state index in [1.165, 1.54) is 5.56 Å². The highest BCUT2D eigenvalue weighted by atomic mass is 79.9. The maximum atomic E-state index is 5.74. The molecule has 3 heteroatoms. The Morgan fingerprint density at radius 3 is 2.43 bits per heavy atom. The van der Waals surface area contributed by atoms with Gasteiger partial charge in [0.2, 0.25) is 0 Å². The summed E-state index contributed by atoms with van der Waals surface area (Å²) in [6, 6.07) is 8.15. The van der Waals surface area contributed by atoms with E-state index in [1.807, 2.05) is 26.0 Å². The molecule has 1 aliphatic rings. The van der Waals surface area contributed by atoms with Crippen molar-refractivity contribution in [2.45, 2.75) is 25.7 Å². The number of ether oxygens (including phenoxy) is 2. The minimum absolute atomic E-state index is 0.0677. The topological polar surface area (TPSA) is 18.5 Å². The molecule has 0 bridgehead atoms. The van der Waals surface area contributed by atoms with Gasteiger partial charge >= 0.3 is 0 Å². The van der Waals surface area contributed by atoms with Crippen LogP contribution in [0.3, 0.4) is 0 Å². The van der Waals surface area contributed by atoms with Gasteiger partial charge in [0.05, 0.1) is 6.61 Å². The Balaban J connectivity index is 2.14. The van der Waals surface area contributed by atoms with Crippen LogP contribution in [0.25, 0.3) is 0 Å². The number of hydrogen-bond donors (Lipinski definition) is 0. The Morgan fingerprint density at radius 2 is 1.93 bits per heavy atom. The second-order valence-corrected chi connectivity index (χ2v) is 4.78. The van der Waals surface area contributed by atoms with Gasteiger partial charge < -0.3 is 9.47 Å². The molecule has 1 saturated heterocycles. The summed E-state index contributed by atoms with van der Waals surface area (Å²) in [6.07, 6.45) is 0.0677. The third-order valence-corrected chi connectivity index (χ3v) is 2.78. The molecule has 0 unspecified atom stereocenters. The Kier molecular flexibility index (Phi) is 2.64. The molecule has 1 aliphatic heterocycles. The molecule has 76 valence electrons. The Labute approximate surface area is 92.3 Å². The van der Waals surface area contributed by atoms with Crippen molar-refractivity contribution in [2.24, 2.45) is 0 Å². The van der Waals surface area contributed by atoms with Crippen LogP contribution in [-0.2, 0) is 9.47 Å². The van der Waals surface area contributed by atoms with Crippen LogP contribution in [-0.4, -0.2) is 12.4 Å². The van der Waals surface area contributed by atoms with Crippen molar-refractivity contribution in [3.8, 4) is 0 Å². The molecule has 14 heavy (non-hydrogen) atoms. The third-order valence-electron chi connectivity index (χ3n) is 2.25. The smallest absolute Gasteiger partial charge is 0.163 e. The largest absolute Gasteiger partial charge is 0.347 e. The predicted octanol–water partition coefficient (Wildman–Crippen LogP) is 3.27. The summed E-state index contributed by atoms with van der Waals surface area (Å²) in [5.41, 5.74) is 1.17. The molecule has 0 aromatic heterocycles. The van der Waals surface area contributed by atoms with Gasteiger partial charge in [-0.15, -0.1) is 0 Å². The lowest BCUT2D eigenvalue weighted by atomic mass is 10.1. The standard InChI is InChI=1S/C11H13BrO2/c1-11(2)13-7-10(14-11)8-3-5-9(12)6-4-8/h3-6,10H,7H2,1-2H3/t10-/m1/s1. The SMILES string of the molecule is CC1(C)OC[C@H](c2ccc(Br)cc2)O1. The van der Waals surface area contributed by atoms with Crippen LogP contribution in [0.5, 0.6) is 0 Å². The highest BCUT2D eigenvalue weighted by Crippen LogP contribution is 2.32.